The zero-order valence-corrected chi connectivity index (χ0v) is 21.8. The molecule has 0 N–H and O–H groups in total. The molecule has 3 heteroatoms. The summed E-state index contributed by atoms with van der Waals surface area (Å²) in [5.74, 6) is 0.0887. The van der Waals surface area contributed by atoms with Crippen molar-refractivity contribution in [3.63, 3.8) is 0 Å². The van der Waals surface area contributed by atoms with Crippen molar-refractivity contribution in [3.05, 3.63) is 138 Å². The van der Waals surface area contributed by atoms with Gasteiger partial charge in [-0.05, 0) is 43.7 Å². The molecule has 0 aliphatic rings. The average molecular weight is 497 g/mol. The minimum Gasteiger partial charge on any atom is -0.645 e. The number of hydrogen-bond donors (Lipinski definition) is 0. The van der Waals surface area contributed by atoms with Gasteiger partial charge in [0, 0.05) is 5.78 Å². The molecule has 33 heavy (non-hydrogen) atoms. The zero-order valence-electron chi connectivity index (χ0n) is 19.8. The minimum absolute atomic E-state index is 0. The molecule has 0 aliphatic carbocycles. The van der Waals surface area contributed by atoms with Gasteiger partial charge < -0.3 is 11.7 Å². The molecule has 0 spiro atoms. The van der Waals surface area contributed by atoms with E-state index in [0.29, 0.717) is 0 Å². The molecule has 0 amide bonds. The van der Waals surface area contributed by atoms with Crippen molar-refractivity contribution >= 4 is 24.2 Å². The molecule has 0 aliphatic heterocycles. The Morgan fingerprint density at radius 1 is 0.606 bits per heavy atom. The van der Waals surface area contributed by atoms with Gasteiger partial charge in [0.15, 0.2) is 0 Å². The van der Waals surface area contributed by atoms with Gasteiger partial charge in [-0.1, -0.05) is 96.1 Å². The van der Waals surface area contributed by atoms with Crippen LogP contribution in [0.4, 0.5) is 5.69 Å². The van der Waals surface area contributed by atoms with Gasteiger partial charge in [0.25, 0.3) is 0 Å². The van der Waals surface area contributed by atoms with Crippen LogP contribution in [0.15, 0.2) is 109 Å². The van der Waals surface area contributed by atoms with Crippen molar-refractivity contribution in [3.8, 4) is 0 Å². The number of nitrogens with zero attached hydrogens (tertiary/aromatic N) is 1. The van der Waals surface area contributed by atoms with Gasteiger partial charge >= 0.3 is 16.5 Å². The van der Waals surface area contributed by atoms with Gasteiger partial charge in [-0.15, -0.1) is 5.69 Å². The Hall–Kier alpha value is -2.40. The van der Waals surface area contributed by atoms with Crippen LogP contribution >= 0.6 is 7.92 Å². The second-order valence-electron chi connectivity index (χ2n) is 7.91. The summed E-state index contributed by atoms with van der Waals surface area (Å²) in [5.41, 5.74) is 4.86. The molecular weight excluding hydrogens is 464 g/mol. The van der Waals surface area contributed by atoms with Crippen molar-refractivity contribution in [2.45, 2.75) is 33.5 Å². The summed E-state index contributed by atoms with van der Waals surface area (Å²) >= 11 is 0. The number of benzene rings is 4. The van der Waals surface area contributed by atoms with Crippen LogP contribution in [0, 0.1) is 20.3 Å². The van der Waals surface area contributed by atoms with Gasteiger partial charge in [0.05, 0.1) is 18.5 Å². The van der Waals surface area contributed by atoms with Crippen LogP contribution in [0.25, 0.3) is 5.32 Å². The third-order valence-electron chi connectivity index (χ3n) is 5.26. The monoisotopic (exact) mass is 496 g/mol. The largest absolute Gasteiger partial charge is 2.00 e. The summed E-state index contributed by atoms with van der Waals surface area (Å²) in [6.07, 6.45) is 2.00. The number of para-hydroxylation sites is 1. The van der Waals surface area contributed by atoms with Gasteiger partial charge in [-0.2, -0.15) is 13.8 Å². The molecule has 0 saturated heterocycles. The van der Waals surface area contributed by atoms with E-state index in [1.54, 1.807) is 0 Å². The quantitative estimate of drug-likeness (QED) is 0.145. The van der Waals surface area contributed by atoms with Crippen molar-refractivity contribution in [1.82, 2.24) is 0 Å². The van der Waals surface area contributed by atoms with E-state index in [9.17, 15) is 0 Å². The Kier molecular flexibility index (Phi) is 11.4. The summed E-state index contributed by atoms with van der Waals surface area (Å²) < 4.78 is 0. The number of rotatable bonds is 6. The molecule has 172 valence electrons. The van der Waals surface area contributed by atoms with Crippen molar-refractivity contribution in [2.75, 3.05) is 0 Å². The minimum atomic E-state index is -1.19. The first-order valence-electron chi connectivity index (χ1n) is 11.2. The molecule has 4 aromatic carbocycles. The second-order valence-corrected chi connectivity index (χ2v) is 10.4. The SMILES string of the molecule is C[CH-]C.Cc1cccc(C)c1[N-]C(c1ccccc1)[PH+](c1ccccc1)c1ccccc1.[Ni+2]. The average Bonchev–Trinajstić information content (AvgIpc) is 2.83. The van der Waals surface area contributed by atoms with E-state index in [-0.39, 0.29) is 22.3 Å². The summed E-state index contributed by atoms with van der Waals surface area (Å²) in [6, 6.07) is 39.0. The van der Waals surface area contributed by atoms with Gasteiger partial charge in [-0.25, -0.2) is 0 Å². The molecule has 1 unspecified atom stereocenters. The van der Waals surface area contributed by atoms with E-state index < -0.39 is 7.92 Å². The molecule has 0 saturated carbocycles. The smallest absolute Gasteiger partial charge is 0.645 e. The molecule has 0 heterocycles. The maximum atomic E-state index is 5.43. The Morgan fingerprint density at radius 3 is 1.42 bits per heavy atom. The molecular formula is C30H33NNiP+. The zero-order chi connectivity index (χ0) is 22.8. The molecule has 4 aromatic rings. The van der Waals surface area contributed by atoms with E-state index in [2.05, 4.69) is 123 Å². The van der Waals surface area contributed by atoms with Gasteiger partial charge in [0.2, 0.25) is 0 Å². The normalized spacial score (nSPS) is 11.1. The molecule has 0 bridgehead atoms. The first kappa shape index (κ1) is 26.9. The summed E-state index contributed by atoms with van der Waals surface area (Å²) in [4.78, 5) is 0. The van der Waals surface area contributed by atoms with Gasteiger partial charge in [-0.3, -0.25) is 0 Å². The third-order valence-corrected chi connectivity index (χ3v) is 8.18. The Bertz CT molecular complexity index is 1010. The van der Waals surface area contributed by atoms with E-state index >= 15 is 0 Å². The Balaban J connectivity index is 0.000000914. The Morgan fingerprint density at radius 2 is 1.00 bits per heavy atom. The number of hydrogen-bond acceptors (Lipinski definition) is 0. The fourth-order valence-corrected chi connectivity index (χ4v) is 6.65. The summed E-state index contributed by atoms with van der Waals surface area (Å²) in [6.45, 7) is 8.32. The third kappa shape index (κ3) is 7.30. The van der Waals surface area contributed by atoms with Crippen LogP contribution in [-0.2, 0) is 16.5 Å². The van der Waals surface area contributed by atoms with Crippen LogP contribution in [0.3, 0.4) is 0 Å². The van der Waals surface area contributed by atoms with E-state index in [0.717, 1.165) is 5.69 Å². The standard InChI is InChI=1S/C27H25NP.C3H7.Ni/c1-21-13-12-14-22(2)26(21)28-27(23-15-6-3-7-16-23)29(24-17-8-4-9-18-24)25-19-10-5-11-20-25;1-3-2;/h3-20,27H,1-2H3;3H,1-2H3;/q2*-1;+2/p+1. The predicted octanol–water partition coefficient (Wildman–Crippen LogP) is 8.10. The first-order valence-corrected chi connectivity index (χ1v) is 12.8. The molecule has 0 aromatic heterocycles. The van der Waals surface area contributed by atoms with Crippen molar-refractivity contribution in [1.29, 1.82) is 0 Å². The predicted molar refractivity (Wildman–Crippen MR) is 144 cm³/mol. The fourth-order valence-electron chi connectivity index (χ4n) is 3.80. The molecule has 1 atom stereocenters. The second kappa shape index (κ2) is 14.0. The van der Waals surface area contributed by atoms with Crippen LogP contribution < -0.4 is 10.6 Å². The van der Waals surface area contributed by atoms with Crippen LogP contribution in [0.2, 0.25) is 0 Å². The maximum absolute atomic E-state index is 5.43. The van der Waals surface area contributed by atoms with E-state index in [1.165, 1.54) is 27.3 Å². The fraction of sp³-hybridized carbons (Fsp3) is 0.167. The summed E-state index contributed by atoms with van der Waals surface area (Å²) in [5, 5.41) is 8.19. The van der Waals surface area contributed by atoms with E-state index in [4.69, 9.17) is 5.32 Å². The molecule has 0 radical (unpaired) electrons. The van der Waals surface area contributed by atoms with Gasteiger partial charge in [0.1, 0.15) is 0 Å². The maximum Gasteiger partial charge on any atom is 2.00 e. The topological polar surface area (TPSA) is 14.1 Å². The molecule has 4 rings (SSSR count). The first-order chi connectivity index (χ1) is 15.7. The van der Waals surface area contributed by atoms with Crippen LogP contribution in [0.1, 0.15) is 36.3 Å². The van der Waals surface area contributed by atoms with Crippen molar-refractivity contribution < 1.29 is 16.5 Å². The van der Waals surface area contributed by atoms with Crippen LogP contribution in [0.5, 0.6) is 0 Å². The molecule has 0 fully saturated rings. The van der Waals surface area contributed by atoms with Crippen molar-refractivity contribution in [2.24, 2.45) is 0 Å². The Labute approximate surface area is 211 Å². The van der Waals surface area contributed by atoms with Crippen LogP contribution in [-0.4, -0.2) is 0 Å². The summed E-state index contributed by atoms with van der Waals surface area (Å²) in [7, 11) is -1.19. The molecule has 1 nitrogen and oxygen atoms in total. The van der Waals surface area contributed by atoms with E-state index in [1.807, 2.05) is 20.3 Å². The number of aryl methyl sites for hydroxylation is 2.